The zero-order chi connectivity index (χ0) is 13.8. The molecule has 1 N–H and O–H groups in total. The Hall–Kier alpha value is -1.40. The second kappa shape index (κ2) is 6.16. The molecule has 1 atom stereocenters. The van der Waals surface area contributed by atoms with Crippen LogP contribution in [0.15, 0.2) is 17.5 Å². The van der Waals surface area contributed by atoms with Crippen LogP contribution in [0.5, 0.6) is 0 Å². The molecule has 0 aliphatic rings. The number of aromatic nitrogens is 1. The summed E-state index contributed by atoms with van der Waals surface area (Å²) in [6, 6.07) is 4.28. The summed E-state index contributed by atoms with van der Waals surface area (Å²) in [5.41, 5.74) is 0.712. The molecule has 0 saturated carbocycles. The van der Waals surface area contributed by atoms with Gasteiger partial charge in [-0.25, -0.2) is 9.78 Å². The third-order valence-electron chi connectivity index (χ3n) is 2.57. The molecular formula is C13H16N2O2S2. The van der Waals surface area contributed by atoms with Gasteiger partial charge in [-0.1, -0.05) is 17.4 Å². The molecular weight excluding hydrogens is 280 g/mol. The largest absolute Gasteiger partial charge is 0.462 e. The molecule has 6 heteroatoms. The van der Waals surface area contributed by atoms with Crippen molar-refractivity contribution in [2.75, 3.05) is 11.9 Å². The first-order chi connectivity index (χ1) is 9.11. The quantitative estimate of drug-likeness (QED) is 0.851. The van der Waals surface area contributed by atoms with Crippen LogP contribution in [0.4, 0.5) is 5.13 Å². The zero-order valence-electron chi connectivity index (χ0n) is 11.1. The highest BCUT2D eigenvalue weighted by molar-refractivity contribution is 7.17. The number of thiophene rings is 1. The van der Waals surface area contributed by atoms with Crippen molar-refractivity contribution in [1.82, 2.24) is 4.98 Å². The van der Waals surface area contributed by atoms with Crippen LogP contribution in [-0.4, -0.2) is 17.6 Å². The number of esters is 1. The van der Waals surface area contributed by atoms with Crippen molar-refractivity contribution in [1.29, 1.82) is 0 Å². The second-order valence-electron chi connectivity index (χ2n) is 4.04. The van der Waals surface area contributed by atoms with Gasteiger partial charge in [-0.2, -0.15) is 0 Å². The lowest BCUT2D eigenvalue weighted by Crippen LogP contribution is -2.04. The number of thiazole rings is 1. The van der Waals surface area contributed by atoms with E-state index in [2.05, 4.69) is 23.3 Å². The Morgan fingerprint density at radius 3 is 3.00 bits per heavy atom. The van der Waals surface area contributed by atoms with Gasteiger partial charge < -0.3 is 10.1 Å². The summed E-state index contributed by atoms with van der Waals surface area (Å²) < 4.78 is 5.01. The number of anilines is 1. The van der Waals surface area contributed by atoms with Gasteiger partial charge >= 0.3 is 5.97 Å². The zero-order valence-corrected chi connectivity index (χ0v) is 12.7. The molecule has 0 spiro atoms. The van der Waals surface area contributed by atoms with Crippen LogP contribution in [0, 0.1) is 6.92 Å². The fourth-order valence-electron chi connectivity index (χ4n) is 1.64. The summed E-state index contributed by atoms with van der Waals surface area (Å²) in [6.07, 6.45) is 0. The Labute approximate surface area is 120 Å². The van der Waals surface area contributed by atoms with Gasteiger partial charge in [0.1, 0.15) is 4.88 Å². The summed E-state index contributed by atoms with van der Waals surface area (Å²) in [4.78, 5) is 17.9. The first-order valence-electron chi connectivity index (χ1n) is 6.06. The predicted molar refractivity (Wildman–Crippen MR) is 79.2 cm³/mol. The van der Waals surface area contributed by atoms with Crippen LogP contribution in [0.2, 0.25) is 0 Å². The van der Waals surface area contributed by atoms with E-state index in [1.54, 1.807) is 18.3 Å². The van der Waals surface area contributed by atoms with Gasteiger partial charge in [0.25, 0.3) is 0 Å². The maximum atomic E-state index is 11.7. The molecule has 2 aromatic heterocycles. The molecule has 19 heavy (non-hydrogen) atoms. The lowest BCUT2D eigenvalue weighted by molar-refractivity contribution is 0.0531. The van der Waals surface area contributed by atoms with Crippen molar-refractivity contribution in [2.45, 2.75) is 26.8 Å². The van der Waals surface area contributed by atoms with E-state index in [9.17, 15) is 4.79 Å². The minimum Gasteiger partial charge on any atom is -0.462 e. The highest BCUT2D eigenvalue weighted by Gasteiger charge is 2.17. The van der Waals surface area contributed by atoms with Crippen molar-refractivity contribution in [3.05, 3.63) is 33.0 Å². The van der Waals surface area contributed by atoms with Crippen molar-refractivity contribution in [2.24, 2.45) is 0 Å². The number of hydrogen-bond acceptors (Lipinski definition) is 6. The third-order valence-corrected chi connectivity index (χ3v) is 4.69. The fraction of sp³-hybridized carbons (Fsp3) is 0.385. The second-order valence-corrected chi connectivity index (χ2v) is 6.01. The molecule has 2 rings (SSSR count). The molecule has 0 aliphatic heterocycles. The molecule has 0 aromatic carbocycles. The van der Waals surface area contributed by atoms with Gasteiger partial charge in [0, 0.05) is 4.88 Å². The Morgan fingerprint density at radius 1 is 1.58 bits per heavy atom. The van der Waals surface area contributed by atoms with Gasteiger partial charge in [0.05, 0.1) is 18.3 Å². The van der Waals surface area contributed by atoms with Gasteiger partial charge in [-0.15, -0.1) is 11.3 Å². The Kier molecular flexibility index (Phi) is 4.55. The van der Waals surface area contributed by atoms with E-state index in [0.717, 1.165) is 5.13 Å². The van der Waals surface area contributed by atoms with Crippen LogP contribution >= 0.6 is 22.7 Å². The van der Waals surface area contributed by atoms with E-state index in [4.69, 9.17) is 4.74 Å². The summed E-state index contributed by atoms with van der Waals surface area (Å²) in [6.45, 7) is 6.08. The number of carbonyl (C=O) groups excluding carboxylic acids is 1. The molecule has 0 fully saturated rings. The Bertz CT molecular complexity index is 549. The molecule has 102 valence electrons. The van der Waals surface area contributed by atoms with Gasteiger partial charge in [-0.3, -0.25) is 0 Å². The summed E-state index contributed by atoms with van der Waals surface area (Å²) >= 11 is 3.04. The number of ether oxygens (including phenoxy) is 1. The van der Waals surface area contributed by atoms with E-state index in [1.807, 2.05) is 18.4 Å². The number of aryl methyl sites for hydroxylation is 1. The predicted octanol–water partition coefficient (Wildman–Crippen LogP) is 3.86. The summed E-state index contributed by atoms with van der Waals surface area (Å²) in [5, 5.41) is 6.11. The van der Waals surface area contributed by atoms with Crippen molar-refractivity contribution in [3.8, 4) is 0 Å². The van der Waals surface area contributed by atoms with E-state index in [0.29, 0.717) is 17.2 Å². The van der Waals surface area contributed by atoms with Gasteiger partial charge in [0.2, 0.25) is 0 Å². The van der Waals surface area contributed by atoms with Gasteiger partial charge in [0.15, 0.2) is 5.13 Å². The highest BCUT2D eigenvalue weighted by Crippen LogP contribution is 2.28. The number of carbonyl (C=O) groups is 1. The topological polar surface area (TPSA) is 51.2 Å². The first kappa shape index (κ1) is 14.0. The highest BCUT2D eigenvalue weighted by atomic mass is 32.1. The van der Waals surface area contributed by atoms with E-state index in [-0.39, 0.29) is 12.0 Å². The summed E-state index contributed by atoms with van der Waals surface area (Å²) in [7, 11) is 0. The Morgan fingerprint density at radius 2 is 2.37 bits per heavy atom. The monoisotopic (exact) mass is 296 g/mol. The van der Waals surface area contributed by atoms with Crippen LogP contribution in [0.25, 0.3) is 0 Å². The van der Waals surface area contributed by atoms with Crippen molar-refractivity contribution >= 4 is 33.8 Å². The molecule has 0 radical (unpaired) electrons. The Balaban J connectivity index is 2.10. The molecule has 2 heterocycles. The van der Waals surface area contributed by atoms with Crippen LogP contribution in [0.3, 0.4) is 0 Å². The molecule has 0 bridgehead atoms. The minimum absolute atomic E-state index is 0.181. The van der Waals surface area contributed by atoms with E-state index >= 15 is 0 Å². The number of nitrogens with one attached hydrogen (secondary N) is 1. The first-order valence-corrected chi connectivity index (χ1v) is 7.76. The number of nitrogens with zero attached hydrogens (tertiary/aromatic N) is 1. The van der Waals surface area contributed by atoms with Crippen molar-refractivity contribution in [3.63, 3.8) is 0 Å². The average Bonchev–Trinajstić information content (AvgIpc) is 2.99. The minimum atomic E-state index is -0.297. The standard InChI is InChI=1S/C13H16N2O2S2/c1-4-17-12(16)11-9(3)15-13(19-11)14-8(2)10-6-5-7-18-10/h5-8H,4H2,1-3H3,(H,14,15). The maximum Gasteiger partial charge on any atom is 0.350 e. The molecule has 0 saturated heterocycles. The molecule has 4 nitrogen and oxygen atoms in total. The lowest BCUT2D eigenvalue weighted by Gasteiger charge is -2.10. The van der Waals surface area contributed by atoms with Crippen LogP contribution < -0.4 is 5.32 Å². The fourth-order valence-corrected chi connectivity index (χ4v) is 3.32. The number of rotatable bonds is 5. The van der Waals surface area contributed by atoms with Crippen molar-refractivity contribution < 1.29 is 9.53 Å². The SMILES string of the molecule is CCOC(=O)c1sc(NC(C)c2cccs2)nc1C. The van der Waals surface area contributed by atoms with Crippen LogP contribution in [0.1, 0.15) is 40.1 Å². The van der Waals surface area contributed by atoms with E-state index in [1.165, 1.54) is 16.2 Å². The van der Waals surface area contributed by atoms with Crippen LogP contribution in [-0.2, 0) is 4.74 Å². The summed E-state index contributed by atoms with van der Waals surface area (Å²) in [5.74, 6) is -0.297. The molecule has 0 aliphatic carbocycles. The molecule has 2 aromatic rings. The third kappa shape index (κ3) is 3.33. The van der Waals surface area contributed by atoms with E-state index < -0.39 is 0 Å². The maximum absolute atomic E-state index is 11.7. The molecule has 0 amide bonds. The number of hydrogen-bond donors (Lipinski definition) is 1. The van der Waals surface area contributed by atoms with Gasteiger partial charge in [-0.05, 0) is 32.2 Å². The average molecular weight is 296 g/mol. The normalized spacial score (nSPS) is 12.2. The smallest absolute Gasteiger partial charge is 0.350 e. The molecule has 1 unspecified atom stereocenters. The lowest BCUT2D eigenvalue weighted by atomic mass is 10.3.